The predicted molar refractivity (Wildman–Crippen MR) is 116 cm³/mol. The summed E-state index contributed by atoms with van der Waals surface area (Å²) in [5, 5.41) is 2.82. The minimum absolute atomic E-state index is 0.0147. The number of nitrogens with one attached hydrogen (secondary N) is 1. The SMILES string of the molecule is CCOC(=O)c1c(NC(=O)CCC(=O)c2ccccc2)sc(C(=O)OCCOC)c1C. The average Bonchev–Trinajstić information content (AvgIpc) is 3.08. The highest BCUT2D eigenvalue weighted by Crippen LogP contribution is 2.34. The topological polar surface area (TPSA) is 108 Å². The first-order valence-electron chi connectivity index (χ1n) is 9.73. The van der Waals surface area contributed by atoms with Gasteiger partial charge in [-0.2, -0.15) is 0 Å². The first-order valence-corrected chi connectivity index (χ1v) is 10.5. The number of ketones is 1. The van der Waals surface area contributed by atoms with Crippen LogP contribution in [0, 0.1) is 6.92 Å². The van der Waals surface area contributed by atoms with Gasteiger partial charge >= 0.3 is 11.9 Å². The van der Waals surface area contributed by atoms with Gasteiger partial charge in [-0.3, -0.25) is 9.59 Å². The zero-order valence-corrected chi connectivity index (χ0v) is 18.5. The third-order valence-electron chi connectivity index (χ3n) is 4.26. The van der Waals surface area contributed by atoms with E-state index in [4.69, 9.17) is 14.2 Å². The van der Waals surface area contributed by atoms with Crippen LogP contribution in [0.3, 0.4) is 0 Å². The van der Waals surface area contributed by atoms with Crippen molar-refractivity contribution in [3.63, 3.8) is 0 Å². The number of Topliss-reactive ketones (excluding diaryl/α,β-unsaturated/α-hetero) is 1. The number of benzene rings is 1. The predicted octanol–water partition coefficient (Wildman–Crippen LogP) is 3.64. The lowest BCUT2D eigenvalue weighted by Gasteiger charge is -2.07. The van der Waals surface area contributed by atoms with Crippen LogP contribution in [0.25, 0.3) is 0 Å². The molecule has 0 saturated heterocycles. The zero-order valence-electron chi connectivity index (χ0n) is 17.7. The van der Waals surface area contributed by atoms with Gasteiger partial charge in [0, 0.05) is 25.5 Å². The number of hydrogen-bond donors (Lipinski definition) is 1. The number of esters is 2. The number of carbonyl (C=O) groups excluding carboxylic acids is 4. The molecule has 1 aromatic heterocycles. The molecular weight excluding hydrogens is 422 g/mol. The number of hydrogen-bond acceptors (Lipinski definition) is 8. The summed E-state index contributed by atoms with van der Waals surface area (Å²) >= 11 is 0.932. The normalized spacial score (nSPS) is 10.4. The number of carbonyl (C=O) groups is 4. The van der Waals surface area contributed by atoms with Gasteiger partial charge in [-0.05, 0) is 19.4 Å². The molecule has 0 spiro atoms. The van der Waals surface area contributed by atoms with Gasteiger partial charge in [-0.15, -0.1) is 11.3 Å². The molecule has 8 nitrogen and oxygen atoms in total. The van der Waals surface area contributed by atoms with Crippen molar-refractivity contribution in [2.45, 2.75) is 26.7 Å². The van der Waals surface area contributed by atoms with Crippen molar-refractivity contribution in [1.29, 1.82) is 0 Å². The van der Waals surface area contributed by atoms with E-state index in [1.807, 2.05) is 0 Å². The second kappa shape index (κ2) is 12.0. The molecule has 0 bridgehead atoms. The Hall–Kier alpha value is -3.04. The Morgan fingerprint density at radius 1 is 0.968 bits per heavy atom. The highest BCUT2D eigenvalue weighted by molar-refractivity contribution is 7.18. The maximum absolute atomic E-state index is 12.4. The third-order valence-corrected chi connectivity index (χ3v) is 5.45. The summed E-state index contributed by atoms with van der Waals surface area (Å²) in [5.74, 6) is -1.88. The summed E-state index contributed by atoms with van der Waals surface area (Å²) in [6.07, 6.45) is -0.0541. The van der Waals surface area contributed by atoms with Crippen molar-refractivity contribution < 1.29 is 33.4 Å². The van der Waals surface area contributed by atoms with Crippen LogP contribution in [-0.2, 0) is 19.0 Å². The highest BCUT2D eigenvalue weighted by atomic mass is 32.1. The molecule has 31 heavy (non-hydrogen) atoms. The van der Waals surface area contributed by atoms with Crippen molar-refractivity contribution in [3.05, 3.63) is 51.9 Å². The quantitative estimate of drug-likeness (QED) is 0.318. The second-order valence-electron chi connectivity index (χ2n) is 6.45. The summed E-state index contributed by atoms with van der Waals surface area (Å²) in [7, 11) is 1.49. The Morgan fingerprint density at radius 3 is 2.32 bits per heavy atom. The first kappa shape index (κ1) is 24.2. The molecule has 2 rings (SSSR count). The van der Waals surface area contributed by atoms with E-state index in [1.54, 1.807) is 44.2 Å². The summed E-state index contributed by atoms with van der Waals surface area (Å²) < 4.78 is 15.1. The van der Waals surface area contributed by atoms with Gasteiger partial charge in [0.1, 0.15) is 16.5 Å². The van der Waals surface area contributed by atoms with E-state index in [-0.39, 0.29) is 53.9 Å². The molecular formula is C22H25NO7S. The Kier molecular flexibility index (Phi) is 9.36. The Morgan fingerprint density at radius 2 is 1.68 bits per heavy atom. The average molecular weight is 448 g/mol. The van der Waals surface area contributed by atoms with Gasteiger partial charge in [0.2, 0.25) is 5.91 Å². The fourth-order valence-electron chi connectivity index (χ4n) is 2.71. The van der Waals surface area contributed by atoms with Crippen molar-refractivity contribution >= 4 is 40.0 Å². The summed E-state index contributed by atoms with van der Waals surface area (Å²) in [6.45, 7) is 3.68. The lowest BCUT2D eigenvalue weighted by atomic mass is 10.1. The van der Waals surface area contributed by atoms with Crippen molar-refractivity contribution in [3.8, 4) is 0 Å². The molecule has 0 aliphatic carbocycles. The maximum Gasteiger partial charge on any atom is 0.348 e. The molecule has 1 aromatic carbocycles. The molecule has 0 fully saturated rings. The minimum atomic E-state index is -0.650. The van der Waals surface area contributed by atoms with Crippen molar-refractivity contribution in [2.24, 2.45) is 0 Å². The molecule has 9 heteroatoms. The molecule has 0 aliphatic heterocycles. The van der Waals surface area contributed by atoms with Crippen LogP contribution in [0.5, 0.6) is 0 Å². The summed E-state index contributed by atoms with van der Waals surface area (Å²) in [6, 6.07) is 8.67. The van der Waals surface area contributed by atoms with Crippen LogP contribution in [0.15, 0.2) is 30.3 Å². The monoisotopic (exact) mass is 447 g/mol. The maximum atomic E-state index is 12.4. The van der Waals surface area contributed by atoms with Gasteiger partial charge in [0.05, 0.1) is 18.8 Å². The summed E-state index contributed by atoms with van der Waals surface area (Å²) in [4.78, 5) is 49.6. The van der Waals surface area contributed by atoms with Crippen LogP contribution in [0.4, 0.5) is 5.00 Å². The number of ether oxygens (including phenoxy) is 3. The zero-order chi connectivity index (χ0) is 22.8. The Labute approximate surface area is 184 Å². The van der Waals surface area contributed by atoms with Gasteiger partial charge in [-0.25, -0.2) is 9.59 Å². The molecule has 0 saturated carbocycles. The third kappa shape index (κ3) is 6.73. The first-order chi connectivity index (χ1) is 14.9. The molecule has 1 N–H and O–H groups in total. The number of methoxy groups -OCH3 is 1. The van der Waals surface area contributed by atoms with Crippen LogP contribution in [-0.4, -0.2) is 50.6 Å². The van der Waals surface area contributed by atoms with E-state index in [2.05, 4.69) is 5.32 Å². The summed E-state index contributed by atoms with van der Waals surface area (Å²) in [5.41, 5.74) is 0.991. The van der Waals surface area contributed by atoms with E-state index in [1.165, 1.54) is 7.11 Å². The molecule has 2 aromatic rings. The van der Waals surface area contributed by atoms with Gasteiger partial charge in [-0.1, -0.05) is 30.3 Å². The van der Waals surface area contributed by atoms with E-state index in [9.17, 15) is 19.2 Å². The van der Waals surface area contributed by atoms with Crippen LogP contribution in [0.1, 0.15) is 55.7 Å². The smallest absolute Gasteiger partial charge is 0.348 e. The molecule has 0 radical (unpaired) electrons. The van der Waals surface area contributed by atoms with Crippen LogP contribution < -0.4 is 5.32 Å². The molecule has 0 aliphatic rings. The standard InChI is InChI=1S/C22H25NO7S/c1-4-29-21(26)18-14(2)19(22(27)30-13-12-28-3)31-20(18)23-17(25)11-10-16(24)15-8-6-5-7-9-15/h5-9H,4,10-13H2,1-3H3,(H,23,25). The molecule has 1 heterocycles. The number of thiophene rings is 1. The molecule has 166 valence electrons. The van der Waals surface area contributed by atoms with Crippen LogP contribution >= 0.6 is 11.3 Å². The van der Waals surface area contributed by atoms with E-state index < -0.39 is 17.8 Å². The second-order valence-corrected chi connectivity index (χ2v) is 7.47. The Balaban J connectivity index is 2.14. The number of anilines is 1. The molecule has 0 unspecified atom stereocenters. The minimum Gasteiger partial charge on any atom is -0.462 e. The van der Waals surface area contributed by atoms with Gasteiger partial charge < -0.3 is 19.5 Å². The van der Waals surface area contributed by atoms with E-state index in [0.29, 0.717) is 11.1 Å². The fourth-order valence-corrected chi connectivity index (χ4v) is 3.82. The lowest BCUT2D eigenvalue weighted by molar-refractivity contribution is -0.116. The molecule has 0 atom stereocenters. The fraction of sp³-hybridized carbons (Fsp3) is 0.364. The van der Waals surface area contributed by atoms with Crippen molar-refractivity contribution in [2.75, 3.05) is 32.2 Å². The highest BCUT2D eigenvalue weighted by Gasteiger charge is 2.27. The van der Waals surface area contributed by atoms with E-state index in [0.717, 1.165) is 11.3 Å². The van der Waals surface area contributed by atoms with Gasteiger partial charge in [0.25, 0.3) is 0 Å². The number of rotatable bonds is 11. The number of amides is 1. The van der Waals surface area contributed by atoms with E-state index >= 15 is 0 Å². The largest absolute Gasteiger partial charge is 0.462 e. The Bertz CT molecular complexity index is 937. The lowest BCUT2D eigenvalue weighted by Crippen LogP contribution is -2.16. The molecule has 1 amide bonds. The van der Waals surface area contributed by atoms with Crippen LogP contribution in [0.2, 0.25) is 0 Å². The van der Waals surface area contributed by atoms with Crippen molar-refractivity contribution in [1.82, 2.24) is 0 Å². The van der Waals surface area contributed by atoms with Gasteiger partial charge in [0.15, 0.2) is 5.78 Å².